The molecular formula is C13H23N3OS. The Morgan fingerprint density at radius 2 is 2.33 bits per heavy atom. The standard InChI is InChI=1S/C13H23N3OS/c1-9(2)12-13(18-16-15-12)11(14-3)7-6-10-5-4-8-17-10/h9-11,14H,4-8H2,1-3H3. The lowest BCUT2D eigenvalue weighted by molar-refractivity contribution is 0.0999. The molecular weight excluding hydrogens is 246 g/mol. The van der Waals surface area contributed by atoms with Crippen molar-refractivity contribution in [1.29, 1.82) is 0 Å². The van der Waals surface area contributed by atoms with E-state index in [0.29, 0.717) is 18.1 Å². The van der Waals surface area contributed by atoms with Crippen molar-refractivity contribution in [2.45, 2.75) is 57.6 Å². The van der Waals surface area contributed by atoms with E-state index in [4.69, 9.17) is 4.74 Å². The van der Waals surface area contributed by atoms with Gasteiger partial charge in [-0.3, -0.25) is 0 Å². The van der Waals surface area contributed by atoms with Gasteiger partial charge in [0.05, 0.1) is 16.7 Å². The minimum Gasteiger partial charge on any atom is -0.378 e. The Hall–Kier alpha value is -0.520. The van der Waals surface area contributed by atoms with Gasteiger partial charge in [0.2, 0.25) is 0 Å². The van der Waals surface area contributed by atoms with E-state index in [1.807, 2.05) is 7.05 Å². The molecule has 1 aliphatic rings. The van der Waals surface area contributed by atoms with Gasteiger partial charge < -0.3 is 10.1 Å². The fourth-order valence-corrected chi connectivity index (χ4v) is 3.43. The summed E-state index contributed by atoms with van der Waals surface area (Å²) in [6.45, 7) is 5.29. The summed E-state index contributed by atoms with van der Waals surface area (Å²) >= 11 is 1.53. The first-order chi connectivity index (χ1) is 8.72. The van der Waals surface area contributed by atoms with Crippen LogP contribution in [0.15, 0.2) is 0 Å². The molecule has 0 saturated carbocycles. The Morgan fingerprint density at radius 3 is 2.94 bits per heavy atom. The van der Waals surface area contributed by atoms with Gasteiger partial charge >= 0.3 is 0 Å². The normalized spacial score (nSPS) is 21.7. The molecule has 0 amide bonds. The minimum absolute atomic E-state index is 0.367. The minimum atomic E-state index is 0.367. The monoisotopic (exact) mass is 269 g/mol. The summed E-state index contributed by atoms with van der Waals surface area (Å²) in [5.41, 5.74) is 1.15. The molecule has 1 aromatic heterocycles. The Balaban J connectivity index is 1.96. The zero-order valence-corrected chi connectivity index (χ0v) is 12.3. The van der Waals surface area contributed by atoms with Crippen molar-refractivity contribution < 1.29 is 4.74 Å². The van der Waals surface area contributed by atoms with E-state index in [-0.39, 0.29) is 0 Å². The van der Waals surface area contributed by atoms with E-state index in [1.165, 1.54) is 29.3 Å². The van der Waals surface area contributed by atoms with Gasteiger partial charge in [-0.1, -0.05) is 18.3 Å². The summed E-state index contributed by atoms with van der Waals surface area (Å²) in [5, 5.41) is 7.66. The summed E-state index contributed by atoms with van der Waals surface area (Å²) in [5.74, 6) is 0.442. The molecule has 1 N–H and O–H groups in total. The van der Waals surface area contributed by atoms with Gasteiger partial charge in [-0.2, -0.15) is 0 Å². The number of ether oxygens (including phenoxy) is 1. The molecule has 2 heterocycles. The van der Waals surface area contributed by atoms with E-state index in [2.05, 4.69) is 28.8 Å². The van der Waals surface area contributed by atoms with Crippen molar-refractivity contribution in [3.63, 3.8) is 0 Å². The van der Waals surface area contributed by atoms with E-state index in [0.717, 1.165) is 25.1 Å². The molecule has 0 radical (unpaired) electrons. The lowest BCUT2D eigenvalue weighted by Gasteiger charge is -2.18. The number of aromatic nitrogens is 2. The number of nitrogens with one attached hydrogen (secondary N) is 1. The van der Waals surface area contributed by atoms with Crippen molar-refractivity contribution in [1.82, 2.24) is 14.9 Å². The first-order valence-corrected chi connectivity index (χ1v) is 7.60. The quantitative estimate of drug-likeness (QED) is 0.862. The molecule has 1 aromatic rings. The van der Waals surface area contributed by atoms with Crippen LogP contribution in [-0.2, 0) is 4.74 Å². The van der Waals surface area contributed by atoms with Gasteiger partial charge in [-0.05, 0) is 50.2 Å². The summed E-state index contributed by atoms with van der Waals surface area (Å²) in [6, 6.07) is 0.367. The molecule has 4 nitrogen and oxygen atoms in total. The smallest absolute Gasteiger partial charge is 0.0829 e. The third-order valence-corrected chi connectivity index (χ3v) is 4.41. The molecule has 1 fully saturated rings. The number of nitrogens with zero attached hydrogens (tertiary/aromatic N) is 2. The fraction of sp³-hybridized carbons (Fsp3) is 0.846. The Labute approximate surface area is 113 Å². The van der Waals surface area contributed by atoms with Crippen molar-refractivity contribution in [2.75, 3.05) is 13.7 Å². The summed E-state index contributed by atoms with van der Waals surface area (Å²) in [4.78, 5) is 1.30. The van der Waals surface area contributed by atoms with Crippen LogP contribution < -0.4 is 5.32 Å². The molecule has 5 heteroatoms. The maximum Gasteiger partial charge on any atom is 0.0829 e. The van der Waals surface area contributed by atoms with Crippen LogP contribution in [0.1, 0.15) is 62.1 Å². The molecule has 0 aromatic carbocycles. The summed E-state index contributed by atoms with van der Waals surface area (Å²) < 4.78 is 9.80. The third kappa shape index (κ3) is 3.28. The first-order valence-electron chi connectivity index (χ1n) is 6.83. The number of hydrogen-bond donors (Lipinski definition) is 1. The maximum atomic E-state index is 5.69. The van der Waals surface area contributed by atoms with E-state index in [1.54, 1.807) is 0 Å². The lowest BCUT2D eigenvalue weighted by atomic mass is 10.0. The van der Waals surface area contributed by atoms with Gasteiger partial charge in [0.15, 0.2) is 0 Å². The molecule has 102 valence electrons. The largest absolute Gasteiger partial charge is 0.378 e. The van der Waals surface area contributed by atoms with Crippen LogP contribution in [0.4, 0.5) is 0 Å². The highest BCUT2D eigenvalue weighted by Crippen LogP contribution is 2.30. The molecule has 2 atom stereocenters. The SMILES string of the molecule is CNC(CCC1CCCO1)c1snnc1C(C)C. The molecule has 0 spiro atoms. The molecule has 2 rings (SSSR count). The van der Waals surface area contributed by atoms with Crippen LogP contribution in [0.25, 0.3) is 0 Å². The summed E-state index contributed by atoms with van der Waals surface area (Å²) in [7, 11) is 2.02. The van der Waals surface area contributed by atoms with Crippen LogP contribution in [0.5, 0.6) is 0 Å². The second-order valence-corrected chi connectivity index (χ2v) is 6.02. The van der Waals surface area contributed by atoms with Crippen LogP contribution >= 0.6 is 11.5 Å². The molecule has 18 heavy (non-hydrogen) atoms. The van der Waals surface area contributed by atoms with Crippen LogP contribution in [-0.4, -0.2) is 29.3 Å². The molecule has 0 aliphatic carbocycles. The topological polar surface area (TPSA) is 47.0 Å². The molecule has 1 saturated heterocycles. The van der Waals surface area contributed by atoms with Gasteiger partial charge in [-0.25, -0.2) is 0 Å². The van der Waals surface area contributed by atoms with Gasteiger partial charge in [0, 0.05) is 12.6 Å². The average molecular weight is 269 g/mol. The molecule has 2 unspecified atom stereocenters. The van der Waals surface area contributed by atoms with Gasteiger partial charge in [0.1, 0.15) is 0 Å². The highest BCUT2D eigenvalue weighted by Gasteiger charge is 2.22. The average Bonchev–Trinajstić information content (AvgIpc) is 2.99. The van der Waals surface area contributed by atoms with Gasteiger partial charge in [0.25, 0.3) is 0 Å². The highest BCUT2D eigenvalue weighted by molar-refractivity contribution is 7.05. The van der Waals surface area contributed by atoms with Gasteiger partial charge in [-0.15, -0.1) is 5.10 Å². The van der Waals surface area contributed by atoms with Crippen molar-refractivity contribution in [2.24, 2.45) is 0 Å². The molecule has 1 aliphatic heterocycles. The van der Waals surface area contributed by atoms with E-state index >= 15 is 0 Å². The van der Waals surface area contributed by atoms with Crippen molar-refractivity contribution >= 4 is 11.5 Å². The predicted octanol–water partition coefficient (Wildman–Crippen LogP) is 2.88. The van der Waals surface area contributed by atoms with E-state index in [9.17, 15) is 0 Å². The summed E-state index contributed by atoms with van der Waals surface area (Å²) in [6.07, 6.45) is 5.12. The Bertz CT molecular complexity index is 361. The zero-order valence-electron chi connectivity index (χ0n) is 11.5. The zero-order chi connectivity index (χ0) is 13.0. The Kier molecular flexibility index (Phi) is 5.09. The highest BCUT2D eigenvalue weighted by atomic mass is 32.1. The van der Waals surface area contributed by atoms with Crippen LogP contribution in [0, 0.1) is 0 Å². The van der Waals surface area contributed by atoms with Crippen LogP contribution in [0.3, 0.4) is 0 Å². The van der Waals surface area contributed by atoms with Crippen molar-refractivity contribution in [3.8, 4) is 0 Å². The second-order valence-electron chi connectivity index (χ2n) is 5.23. The van der Waals surface area contributed by atoms with Crippen LogP contribution in [0.2, 0.25) is 0 Å². The number of hydrogen-bond acceptors (Lipinski definition) is 5. The molecule has 0 bridgehead atoms. The van der Waals surface area contributed by atoms with Crippen molar-refractivity contribution in [3.05, 3.63) is 10.6 Å². The first kappa shape index (κ1) is 13.9. The predicted molar refractivity (Wildman–Crippen MR) is 74.0 cm³/mol. The maximum absolute atomic E-state index is 5.69. The third-order valence-electron chi connectivity index (χ3n) is 3.55. The Morgan fingerprint density at radius 1 is 1.50 bits per heavy atom. The second kappa shape index (κ2) is 6.59. The lowest BCUT2D eigenvalue weighted by Crippen LogP contribution is -2.19. The fourth-order valence-electron chi connectivity index (χ4n) is 2.48. The van der Waals surface area contributed by atoms with E-state index < -0.39 is 0 Å². The number of rotatable bonds is 6.